The molecule has 0 aliphatic rings. The summed E-state index contributed by atoms with van der Waals surface area (Å²) in [5.41, 5.74) is 9.19. The number of para-hydroxylation sites is 2. The van der Waals surface area contributed by atoms with Crippen molar-refractivity contribution in [2.75, 3.05) is 20.5 Å². The van der Waals surface area contributed by atoms with E-state index in [2.05, 4.69) is 34.7 Å². The number of hydrogen-bond donors (Lipinski definition) is 4. The molecule has 4 heterocycles. The van der Waals surface area contributed by atoms with Crippen molar-refractivity contribution in [2.24, 2.45) is 0 Å². The lowest BCUT2D eigenvalue weighted by Gasteiger charge is -2.11. The molecule has 0 radical (unpaired) electrons. The van der Waals surface area contributed by atoms with Gasteiger partial charge in [0.25, 0.3) is 51.5 Å². The highest BCUT2D eigenvalue weighted by atomic mass is 35.5. The van der Waals surface area contributed by atoms with Gasteiger partial charge >= 0.3 is 0 Å². The maximum Gasteiger partial charge on any atom is 0.269 e. The number of nitro benzene ring substituents is 2. The van der Waals surface area contributed by atoms with Crippen LogP contribution in [-0.4, -0.2) is 71.4 Å². The molecule has 5 N–H and O–H groups in total. The van der Waals surface area contributed by atoms with Gasteiger partial charge in [-0.1, -0.05) is 108 Å². The zero-order chi connectivity index (χ0) is 64.8. The number of nitrogen functional groups attached to an aromatic ring is 1. The predicted octanol–water partition coefficient (Wildman–Crippen LogP) is 13.1. The highest BCUT2D eigenvalue weighted by Gasteiger charge is 2.26. The van der Waals surface area contributed by atoms with Crippen LogP contribution in [0.25, 0.3) is 44.3 Å². The number of halogens is 3. The first-order chi connectivity index (χ1) is 43.4. The Kier molecular flexibility index (Phi) is 18.5. The fourth-order valence-corrected chi connectivity index (χ4v) is 14.4. The largest absolute Gasteiger partial charge is 0.399 e. The Morgan fingerprint density at radius 1 is 0.440 bits per heavy atom. The van der Waals surface area contributed by atoms with Gasteiger partial charge in [-0.25, -0.2) is 61.6 Å². The number of nitrogens with one attached hydrogen (secondary N) is 3. The second-order valence-corrected chi connectivity index (χ2v) is 27.3. The van der Waals surface area contributed by atoms with Crippen molar-refractivity contribution in [3.63, 3.8) is 0 Å². The average Bonchev–Trinajstić information content (AvgIpc) is 1.63. The number of sulfonamides is 2. The molecule has 12 aromatic rings. The Morgan fingerprint density at radius 3 is 1.31 bits per heavy atom. The van der Waals surface area contributed by atoms with Crippen molar-refractivity contribution in [2.45, 2.75) is 19.6 Å². The summed E-state index contributed by atoms with van der Waals surface area (Å²) in [4.78, 5) is 37.2. The number of nitro groups is 2. The summed E-state index contributed by atoms with van der Waals surface area (Å²) in [5, 5.41) is 26.3. The van der Waals surface area contributed by atoms with E-state index in [1.165, 1.54) is 75.2 Å². The Labute approximate surface area is 533 Å². The number of anilines is 5. The Bertz CT molecular complexity index is 5230. The molecule has 0 unspecified atom stereocenters. The van der Waals surface area contributed by atoms with Crippen LogP contribution in [-0.2, 0) is 40.1 Å². The van der Waals surface area contributed by atoms with Crippen molar-refractivity contribution in [1.82, 2.24) is 27.9 Å². The van der Waals surface area contributed by atoms with Gasteiger partial charge in [-0.15, -0.1) is 0 Å². The van der Waals surface area contributed by atoms with Gasteiger partial charge in [-0.05, 0) is 109 Å². The average molecular weight is 1360 g/mol. The van der Waals surface area contributed by atoms with Crippen molar-refractivity contribution >= 4 is 137 Å². The SMILES string of the molecule is Nc1cccc(NS(=O)(=O)c2ccc([N+](=O)[O-])cc2)c1.O=S(=O)(c1ccccc1)n1cc(-c2nc(Cl)ncc2Cl)c2ccccc21.O=[N+]([O-])c1ccc(S(=O)(=O)Nc2cccc(Nc3ncc(Cl)c(-c4cn(S(=O)(=O)c5ccccc5)c5ccccc45)n3)c2)cc1. The van der Waals surface area contributed by atoms with Crippen molar-refractivity contribution in [1.29, 1.82) is 0 Å². The van der Waals surface area contributed by atoms with Gasteiger partial charge in [-0.2, -0.15) is 0 Å². The monoisotopic (exact) mass is 1360 g/mol. The quantitative estimate of drug-likeness (QED) is 0.0302. The fraction of sp³-hybridized carbons (Fsp3) is 0. The molecule has 0 saturated carbocycles. The van der Waals surface area contributed by atoms with Crippen LogP contribution >= 0.6 is 34.8 Å². The van der Waals surface area contributed by atoms with Gasteiger partial charge in [0.1, 0.15) is 0 Å². The zero-order valence-electron chi connectivity index (χ0n) is 46.3. The van der Waals surface area contributed by atoms with Gasteiger partial charge in [0, 0.05) is 69.9 Å². The molecule has 0 bridgehead atoms. The maximum atomic E-state index is 13.6. The highest BCUT2D eigenvalue weighted by molar-refractivity contribution is 7.93. The summed E-state index contributed by atoms with van der Waals surface area (Å²) in [5.74, 6) is 0.118. The minimum absolute atomic E-state index is 0.0344. The Hall–Kier alpha value is -10.3. The van der Waals surface area contributed by atoms with Crippen molar-refractivity contribution < 1.29 is 43.5 Å². The van der Waals surface area contributed by atoms with Crippen LogP contribution in [0.1, 0.15) is 0 Å². The van der Waals surface area contributed by atoms with Crippen LogP contribution in [0.5, 0.6) is 0 Å². The van der Waals surface area contributed by atoms with E-state index in [0.29, 0.717) is 55.7 Å². The summed E-state index contributed by atoms with van der Waals surface area (Å²) in [6, 6.07) is 52.1. The van der Waals surface area contributed by atoms with E-state index in [9.17, 15) is 53.9 Å². The molecular weight excluding hydrogens is 1320 g/mol. The van der Waals surface area contributed by atoms with Crippen LogP contribution in [0.2, 0.25) is 15.3 Å². The molecule has 4 aromatic heterocycles. The van der Waals surface area contributed by atoms with Crippen molar-refractivity contribution in [3.05, 3.63) is 267 Å². The first kappa shape index (κ1) is 63.7. The van der Waals surface area contributed by atoms with Crippen LogP contribution in [0, 0.1) is 20.2 Å². The summed E-state index contributed by atoms with van der Waals surface area (Å²) in [7, 11) is -15.6. The third kappa shape index (κ3) is 14.2. The van der Waals surface area contributed by atoms with Crippen LogP contribution in [0.3, 0.4) is 0 Å². The van der Waals surface area contributed by atoms with Crippen LogP contribution in [0.15, 0.2) is 251 Å². The molecule has 0 aliphatic carbocycles. The number of hydrogen-bond acceptors (Lipinski definition) is 18. The van der Waals surface area contributed by atoms with E-state index in [1.54, 1.807) is 115 Å². The summed E-state index contributed by atoms with van der Waals surface area (Å²) >= 11 is 18.7. The smallest absolute Gasteiger partial charge is 0.269 e. The van der Waals surface area contributed by atoms with E-state index in [1.807, 2.05) is 12.1 Å². The van der Waals surface area contributed by atoms with Gasteiger partial charge in [0.15, 0.2) is 0 Å². The maximum absolute atomic E-state index is 13.6. The molecule has 24 nitrogen and oxygen atoms in total. The molecule has 0 aliphatic heterocycles. The normalized spacial score (nSPS) is 11.6. The number of rotatable bonds is 16. The molecule has 31 heteroatoms. The molecule has 8 aromatic carbocycles. The topological polar surface area (TPSA) is 346 Å². The molecule has 0 spiro atoms. The molecule has 12 rings (SSSR count). The molecule has 460 valence electrons. The second kappa shape index (κ2) is 26.4. The molecular formula is C60H43Cl3N12O12S4. The van der Waals surface area contributed by atoms with Gasteiger partial charge < -0.3 is 11.1 Å². The lowest BCUT2D eigenvalue weighted by molar-refractivity contribution is -0.385. The lowest BCUT2D eigenvalue weighted by Crippen LogP contribution is -2.13. The number of nitrogens with zero attached hydrogens (tertiary/aromatic N) is 8. The summed E-state index contributed by atoms with van der Waals surface area (Å²) in [6.07, 6.45) is 5.76. The fourth-order valence-electron chi connectivity index (χ4n) is 8.95. The van der Waals surface area contributed by atoms with E-state index < -0.39 is 49.9 Å². The minimum atomic E-state index is -4.04. The third-order valence-corrected chi connectivity index (χ3v) is 20.1. The van der Waals surface area contributed by atoms with E-state index >= 15 is 0 Å². The Morgan fingerprint density at radius 2 is 0.846 bits per heavy atom. The molecule has 0 fully saturated rings. The van der Waals surface area contributed by atoms with E-state index in [0.717, 1.165) is 36.4 Å². The first-order valence-electron chi connectivity index (χ1n) is 26.2. The van der Waals surface area contributed by atoms with Crippen LogP contribution < -0.4 is 20.5 Å². The predicted molar refractivity (Wildman–Crippen MR) is 347 cm³/mol. The summed E-state index contributed by atoms with van der Waals surface area (Å²) in [6.45, 7) is 0. The van der Waals surface area contributed by atoms with E-state index in [-0.39, 0.29) is 63.6 Å². The minimum Gasteiger partial charge on any atom is -0.399 e. The number of benzene rings is 8. The van der Waals surface area contributed by atoms with Crippen LogP contribution in [0.4, 0.5) is 40.1 Å². The highest BCUT2D eigenvalue weighted by Crippen LogP contribution is 2.38. The molecule has 0 saturated heterocycles. The van der Waals surface area contributed by atoms with Crippen molar-refractivity contribution in [3.8, 4) is 22.5 Å². The molecule has 0 atom stereocenters. The zero-order valence-corrected chi connectivity index (χ0v) is 51.8. The number of aromatic nitrogens is 6. The molecule has 91 heavy (non-hydrogen) atoms. The summed E-state index contributed by atoms with van der Waals surface area (Å²) < 4.78 is 110. The first-order valence-corrected chi connectivity index (χ1v) is 33.2. The number of non-ortho nitro benzene ring substituents is 2. The standard InChI is InChI=1S/C30H21ClN6O6S2.C18H11Cl2N3O2S.C12H11N3O4S/c31-27-18-32-30(33-20-7-6-8-21(17-20)35-44(40,41)23-15-13-22(14-16-23)37(38)39)34-29(27)26-19-36(28-12-5-4-11-25(26)28)45(42,43)24-9-2-1-3-10-24;19-15-10-21-18(20)22-17(15)14-11-23(16-9-5-4-8-13(14)16)26(24,25)12-6-2-1-3-7-12;13-9-2-1-3-10(8-9)14-20(18,19)12-6-4-11(5-7-12)15(16)17/h1-19,35H,(H,32,33,34);1-11H;1-8,14H,13H2. The third-order valence-electron chi connectivity index (χ3n) is 13.2. The van der Waals surface area contributed by atoms with E-state index in [4.69, 9.17) is 40.5 Å². The number of nitrogens with two attached hydrogens (primary N) is 1. The van der Waals surface area contributed by atoms with Gasteiger partial charge in [0.2, 0.25) is 11.2 Å². The van der Waals surface area contributed by atoms with Gasteiger partial charge in [0.05, 0.1) is 85.7 Å². The van der Waals surface area contributed by atoms with Gasteiger partial charge in [-0.3, -0.25) is 29.7 Å². The lowest BCUT2D eigenvalue weighted by atomic mass is 10.1. The molecule has 0 amide bonds. The Balaban J connectivity index is 0.000000166. The second-order valence-electron chi connectivity index (χ2n) is 19.1. The number of fused-ring (bicyclic) bond motifs is 2.